The third kappa shape index (κ3) is 5.93. The zero-order valence-electron chi connectivity index (χ0n) is 6.70. The number of hydrogen-bond donors (Lipinski definition) is 3. The monoisotopic (exact) mass is 196 g/mol. The van der Waals surface area contributed by atoms with Gasteiger partial charge in [-0.2, -0.15) is 0 Å². The molecule has 6 nitrogen and oxygen atoms in total. The van der Waals surface area contributed by atoms with E-state index in [1.807, 2.05) is 0 Å². The van der Waals surface area contributed by atoms with E-state index >= 15 is 0 Å². The number of carboxylic acid groups (broad SMARTS) is 1. The van der Waals surface area contributed by atoms with Crippen molar-refractivity contribution in [2.75, 3.05) is 19.3 Å². The third-order valence-electron chi connectivity index (χ3n) is 1.18. The van der Waals surface area contributed by atoms with Crippen LogP contribution in [0.15, 0.2) is 0 Å². The minimum Gasteiger partial charge on any atom is -0.465 e. The van der Waals surface area contributed by atoms with Crippen molar-refractivity contribution in [3.63, 3.8) is 0 Å². The molecule has 12 heavy (non-hydrogen) atoms. The number of nitrogens with one attached hydrogen (secondary N) is 2. The lowest BCUT2D eigenvalue weighted by Gasteiger charge is -2.01. The highest BCUT2D eigenvalue weighted by atomic mass is 32.2. The Kier molecular flexibility index (Phi) is 4.60. The van der Waals surface area contributed by atoms with Crippen LogP contribution in [0.2, 0.25) is 0 Å². The Morgan fingerprint density at radius 1 is 1.50 bits per heavy atom. The van der Waals surface area contributed by atoms with E-state index in [2.05, 4.69) is 10.0 Å². The molecule has 0 aliphatic rings. The molecule has 0 spiro atoms. The molecule has 7 heteroatoms. The second-order valence-corrected chi connectivity index (χ2v) is 4.15. The van der Waals surface area contributed by atoms with Crippen molar-refractivity contribution in [3.05, 3.63) is 0 Å². The summed E-state index contributed by atoms with van der Waals surface area (Å²) >= 11 is 0. The lowest BCUT2D eigenvalue weighted by molar-refractivity contribution is 0.194. The fourth-order valence-corrected chi connectivity index (χ4v) is 1.29. The second kappa shape index (κ2) is 4.94. The molecule has 0 aromatic rings. The Balaban J connectivity index is 3.51. The second-order valence-electron chi connectivity index (χ2n) is 2.11. The van der Waals surface area contributed by atoms with Crippen LogP contribution in [0.5, 0.6) is 0 Å². The summed E-state index contributed by atoms with van der Waals surface area (Å²) in [7, 11) is -1.88. The quantitative estimate of drug-likeness (QED) is 0.501. The Morgan fingerprint density at radius 3 is 2.50 bits per heavy atom. The van der Waals surface area contributed by atoms with Crippen molar-refractivity contribution in [1.29, 1.82) is 0 Å². The molecule has 0 aliphatic heterocycles. The van der Waals surface area contributed by atoms with Crippen LogP contribution in [-0.4, -0.2) is 39.0 Å². The molecule has 0 bridgehead atoms. The summed E-state index contributed by atoms with van der Waals surface area (Å²) in [6, 6.07) is 0. The summed E-state index contributed by atoms with van der Waals surface area (Å²) < 4.78 is 23.6. The summed E-state index contributed by atoms with van der Waals surface area (Å²) in [6.07, 6.45) is -0.869. The van der Waals surface area contributed by atoms with Crippen LogP contribution in [0.3, 0.4) is 0 Å². The first-order chi connectivity index (χ1) is 5.48. The van der Waals surface area contributed by atoms with E-state index in [1.165, 1.54) is 7.05 Å². The molecular formula is C5H12N2O4S. The molecule has 0 rings (SSSR count). The highest BCUT2D eigenvalue weighted by Crippen LogP contribution is 1.86. The first-order valence-electron chi connectivity index (χ1n) is 3.36. The average Bonchev–Trinajstić information content (AvgIpc) is 1.98. The summed E-state index contributed by atoms with van der Waals surface area (Å²) in [5, 5.41) is 10.2. The van der Waals surface area contributed by atoms with E-state index in [-0.39, 0.29) is 18.7 Å². The Labute approximate surface area is 71.0 Å². The highest BCUT2D eigenvalue weighted by molar-refractivity contribution is 7.89. The van der Waals surface area contributed by atoms with Gasteiger partial charge in [-0.05, 0) is 13.5 Å². The molecule has 0 saturated carbocycles. The van der Waals surface area contributed by atoms with E-state index in [4.69, 9.17) is 5.11 Å². The fourth-order valence-electron chi connectivity index (χ4n) is 0.560. The van der Waals surface area contributed by atoms with Gasteiger partial charge in [-0.15, -0.1) is 0 Å². The van der Waals surface area contributed by atoms with Crippen molar-refractivity contribution in [1.82, 2.24) is 10.0 Å². The number of carbonyl (C=O) groups is 1. The largest absolute Gasteiger partial charge is 0.465 e. The van der Waals surface area contributed by atoms with Crippen LogP contribution < -0.4 is 10.0 Å². The van der Waals surface area contributed by atoms with Crippen molar-refractivity contribution in [2.45, 2.75) is 6.42 Å². The Morgan fingerprint density at radius 2 is 2.08 bits per heavy atom. The number of rotatable bonds is 5. The summed E-state index contributed by atoms with van der Waals surface area (Å²) in [4.78, 5) is 9.92. The van der Waals surface area contributed by atoms with Gasteiger partial charge in [-0.25, -0.2) is 17.9 Å². The maximum absolute atomic E-state index is 10.8. The molecular weight excluding hydrogens is 184 g/mol. The number of sulfonamides is 1. The molecule has 1 amide bonds. The van der Waals surface area contributed by atoms with Crippen LogP contribution in [0.25, 0.3) is 0 Å². The lowest BCUT2D eigenvalue weighted by Crippen LogP contribution is -2.27. The molecule has 0 aromatic carbocycles. The first kappa shape index (κ1) is 11.2. The molecule has 72 valence electrons. The first-order valence-corrected chi connectivity index (χ1v) is 5.01. The summed E-state index contributed by atoms with van der Waals surface area (Å²) in [5.74, 6) is -0.0657. The third-order valence-corrected chi connectivity index (χ3v) is 2.63. The van der Waals surface area contributed by atoms with Gasteiger partial charge in [0, 0.05) is 6.54 Å². The minimum absolute atomic E-state index is 0.0657. The molecule has 0 unspecified atom stereocenters. The van der Waals surface area contributed by atoms with Crippen LogP contribution in [0.4, 0.5) is 4.79 Å². The highest BCUT2D eigenvalue weighted by Gasteiger charge is 2.05. The van der Waals surface area contributed by atoms with Gasteiger partial charge >= 0.3 is 6.09 Å². The maximum atomic E-state index is 10.8. The molecule has 0 heterocycles. The van der Waals surface area contributed by atoms with E-state index in [0.717, 1.165) is 0 Å². The number of amides is 1. The van der Waals surface area contributed by atoms with Gasteiger partial charge in [0.25, 0.3) is 0 Å². The predicted molar refractivity (Wildman–Crippen MR) is 43.5 cm³/mol. The van der Waals surface area contributed by atoms with Gasteiger partial charge in [-0.3, -0.25) is 0 Å². The molecule has 0 fully saturated rings. The molecule has 0 radical (unpaired) electrons. The molecule has 3 N–H and O–H groups in total. The average molecular weight is 196 g/mol. The van der Waals surface area contributed by atoms with Gasteiger partial charge in [0.15, 0.2) is 0 Å². The summed E-state index contributed by atoms with van der Waals surface area (Å²) in [5.41, 5.74) is 0. The van der Waals surface area contributed by atoms with E-state index < -0.39 is 16.1 Å². The normalized spacial score (nSPS) is 11.1. The van der Waals surface area contributed by atoms with Crippen LogP contribution in [0, 0.1) is 0 Å². The van der Waals surface area contributed by atoms with Gasteiger partial charge < -0.3 is 10.4 Å². The van der Waals surface area contributed by atoms with Crippen LogP contribution >= 0.6 is 0 Å². The van der Waals surface area contributed by atoms with Gasteiger partial charge in [0.1, 0.15) is 0 Å². The lowest BCUT2D eigenvalue weighted by atomic mass is 10.5. The van der Waals surface area contributed by atoms with Gasteiger partial charge in [-0.1, -0.05) is 0 Å². The standard InChI is InChI=1S/C5H12N2O4S/c1-6-12(10,11)4-2-3-7-5(8)9/h6-7H,2-4H2,1H3,(H,8,9). The molecule has 0 atom stereocenters. The molecule has 0 aliphatic carbocycles. The fraction of sp³-hybridized carbons (Fsp3) is 0.800. The van der Waals surface area contributed by atoms with Gasteiger partial charge in [0.05, 0.1) is 5.75 Å². The maximum Gasteiger partial charge on any atom is 0.404 e. The van der Waals surface area contributed by atoms with Crippen molar-refractivity contribution in [3.8, 4) is 0 Å². The zero-order chi connectivity index (χ0) is 9.61. The Hall–Kier alpha value is -0.820. The van der Waals surface area contributed by atoms with Crippen molar-refractivity contribution < 1.29 is 18.3 Å². The van der Waals surface area contributed by atoms with E-state index in [9.17, 15) is 13.2 Å². The molecule has 0 saturated heterocycles. The van der Waals surface area contributed by atoms with E-state index in [0.29, 0.717) is 0 Å². The van der Waals surface area contributed by atoms with Gasteiger partial charge in [0.2, 0.25) is 10.0 Å². The molecule has 0 aromatic heterocycles. The smallest absolute Gasteiger partial charge is 0.404 e. The van der Waals surface area contributed by atoms with Crippen molar-refractivity contribution >= 4 is 16.1 Å². The van der Waals surface area contributed by atoms with Crippen LogP contribution in [-0.2, 0) is 10.0 Å². The van der Waals surface area contributed by atoms with Crippen molar-refractivity contribution in [2.24, 2.45) is 0 Å². The van der Waals surface area contributed by atoms with Crippen LogP contribution in [0.1, 0.15) is 6.42 Å². The number of hydrogen-bond acceptors (Lipinski definition) is 3. The Bertz CT molecular complexity index is 236. The SMILES string of the molecule is CNS(=O)(=O)CCCNC(=O)O. The predicted octanol–water partition coefficient (Wildman–Crippen LogP) is -0.807. The minimum atomic E-state index is -3.20. The van der Waals surface area contributed by atoms with E-state index in [1.54, 1.807) is 0 Å². The zero-order valence-corrected chi connectivity index (χ0v) is 7.52. The summed E-state index contributed by atoms with van der Waals surface area (Å²) in [6.45, 7) is 0.149. The topological polar surface area (TPSA) is 95.5 Å².